The van der Waals surface area contributed by atoms with Crippen LogP contribution in [0, 0.1) is 45.3 Å². The van der Waals surface area contributed by atoms with E-state index in [1.165, 1.54) is 5.57 Å². The molecule has 0 aromatic carbocycles. The molecule has 4 aliphatic carbocycles. The highest BCUT2D eigenvalue weighted by molar-refractivity contribution is 5.32. The summed E-state index contributed by atoms with van der Waals surface area (Å²) in [6.07, 6.45) is -8.06. The molecule has 324 valence electrons. The Morgan fingerprint density at radius 3 is 2.04 bits per heavy atom. The summed E-state index contributed by atoms with van der Waals surface area (Å²) in [5, 5.41) is 106. The summed E-state index contributed by atoms with van der Waals surface area (Å²) in [5.41, 5.74) is -0.985. The summed E-state index contributed by atoms with van der Waals surface area (Å²) in [6.45, 7) is 15.8. The first-order chi connectivity index (χ1) is 25.9. The highest BCUT2D eigenvalue weighted by Crippen LogP contribution is 2.75. The molecule has 0 amide bonds. The van der Waals surface area contributed by atoms with Gasteiger partial charge in [-0.05, 0) is 99.7 Å². The molecule has 20 atom stereocenters. The van der Waals surface area contributed by atoms with E-state index in [1.807, 2.05) is 0 Å². The van der Waals surface area contributed by atoms with Gasteiger partial charge in [0, 0.05) is 10.8 Å². The molecule has 14 nitrogen and oxygen atoms in total. The van der Waals surface area contributed by atoms with Crippen LogP contribution in [0.25, 0.3) is 0 Å². The van der Waals surface area contributed by atoms with Gasteiger partial charge in [-0.2, -0.15) is 0 Å². The Morgan fingerprint density at radius 1 is 0.804 bits per heavy atom. The zero-order chi connectivity index (χ0) is 41.5. The third kappa shape index (κ3) is 7.26. The fraction of sp³-hybridized carbons (Fsp3) is 0.952. The van der Waals surface area contributed by atoms with E-state index in [4.69, 9.17) is 18.9 Å². The summed E-state index contributed by atoms with van der Waals surface area (Å²) in [4.78, 5) is 0. The minimum absolute atomic E-state index is 0.0159. The van der Waals surface area contributed by atoms with Crippen molar-refractivity contribution in [2.75, 3.05) is 13.2 Å². The SMILES string of the molecule is C[C@H](CC[C@@H](O)C(C)(C)O)[C@@H]1CC[C@@]2(C)[C@@H]3CC=C4[C@H](CC[C@H](O[C@H]5O[C@H](CO[C@@H]6O[C@H](CO)[C@@H](O)[C@H](O)[C@H]6O)[C@@H](O)[C@H](O)[C@H]5O)C4(C)C)[C@]3(C)[C@H](O)C[C@]12C. The molecule has 2 aliphatic heterocycles. The molecule has 10 N–H and O–H groups in total. The van der Waals surface area contributed by atoms with Gasteiger partial charge in [-0.3, -0.25) is 0 Å². The van der Waals surface area contributed by atoms with E-state index in [0.717, 1.165) is 32.1 Å². The van der Waals surface area contributed by atoms with Gasteiger partial charge in [0.15, 0.2) is 12.6 Å². The molecular formula is C42H72O14. The first-order valence-electron chi connectivity index (χ1n) is 21.0. The van der Waals surface area contributed by atoms with E-state index < -0.39 is 104 Å². The number of aliphatic hydroxyl groups is 10. The molecule has 3 saturated carbocycles. The molecular weight excluding hydrogens is 728 g/mol. The monoisotopic (exact) mass is 800 g/mol. The van der Waals surface area contributed by atoms with Gasteiger partial charge >= 0.3 is 0 Å². The van der Waals surface area contributed by atoms with E-state index >= 15 is 0 Å². The van der Waals surface area contributed by atoms with Gasteiger partial charge in [0.05, 0.1) is 37.1 Å². The molecule has 0 spiro atoms. The van der Waals surface area contributed by atoms with Crippen LogP contribution in [-0.2, 0) is 18.9 Å². The second kappa shape index (κ2) is 15.9. The second-order valence-electron chi connectivity index (χ2n) is 20.3. The van der Waals surface area contributed by atoms with Gasteiger partial charge in [-0.25, -0.2) is 0 Å². The number of hydrogen-bond donors (Lipinski definition) is 10. The molecule has 14 heteroatoms. The second-order valence-corrected chi connectivity index (χ2v) is 20.3. The van der Waals surface area contributed by atoms with E-state index in [0.29, 0.717) is 31.1 Å². The molecule has 0 radical (unpaired) electrons. The Morgan fingerprint density at radius 2 is 1.41 bits per heavy atom. The molecule has 2 heterocycles. The first kappa shape index (κ1) is 44.7. The van der Waals surface area contributed by atoms with Crippen molar-refractivity contribution >= 4 is 0 Å². The highest BCUT2D eigenvalue weighted by atomic mass is 16.7. The van der Waals surface area contributed by atoms with E-state index in [1.54, 1.807) is 13.8 Å². The van der Waals surface area contributed by atoms with Crippen LogP contribution in [0.3, 0.4) is 0 Å². The van der Waals surface area contributed by atoms with E-state index in [9.17, 15) is 51.1 Å². The number of allylic oxidation sites excluding steroid dienone is 1. The maximum atomic E-state index is 12.4. The molecule has 6 rings (SSSR count). The number of hydrogen-bond acceptors (Lipinski definition) is 14. The van der Waals surface area contributed by atoms with Crippen molar-refractivity contribution in [2.45, 2.75) is 192 Å². The largest absolute Gasteiger partial charge is 0.394 e. The lowest BCUT2D eigenvalue weighted by molar-refractivity contribution is -0.340. The van der Waals surface area contributed by atoms with Crippen LogP contribution in [0.2, 0.25) is 0 Å². The third-order valence-electron chi connectivity index (χ3n) is 16.6. The molecule has 0 unspecified atom stereocenters. The molecule has 5 fully saturated rings. The Kier molecular flexibility index (Phi) is 12.7. The zero-order valence-electron chi connectivity index (χ0n) is 34.6. The Labute approximate surface area is 331 Å². The predicted molar refractivity (Wildman–Crippen MR) is 202 cm³/mol. The average Bonchev–Trinajstić information content (AvgIpc) is 3.40. The van der Waals surface area contributed by atoms with Crippen LogP contribution >= 0.6 is 0 Å². The first-order valence-corrected chi connectivity index (χ1v) is 21.0. The molecule has 6 aliphatic rings. The molecule has 0 aromatic heterocycles. The van der Waals surface area contributed by atoms with Crippen LogP contribution in [0.5, 0.6) is 0 Å². The fourth-order valence-electron chi connectivity index (χ4n) is 12.6. The van der Waals surface area contributed by atoms with Crippen LogP contribution in [0.1, 0.15) is 107 Å². The fourth-order valence-corrected chi connectivity index (χ4v) is 12.6. The molecule has 56 heavy (non-hydrogen) atoms. The normalized spacial score (nSPS) is 50.3. The quantitative estimate of drug-likeness (QED) is 0.132. The van der Waals surface area contributed by atoms with Gasteiger partial charge in [-0.1, -0.05) is 53.2 Å². The van der Waals surface area contributed by atoms with E-state index in [-0.39, 0.29) is 28.1 Å². The number of fused-ring (bicyclic) bond motifs is 5. The zero-order valence-corrected chi connectivity index (χ0v) is 34.6. The molecule has 2 saturated heterocycles. The van der Waals surface area contributed by atoms with Gasteiger partial charge in [0.25, 0.3) is 0 Å². The average molecular weight is 801 g/mol. The Hall–Kier alpha value is -0.820. The third-order valence-corrected chi connectivity index (χ3v) is 16.6. The van der Waals surface area contributed by atoms with Gasteiger partial charge in [0.1, 0.15) is 48.8 Å². The van der Waals surface area contributed by atoms with E-state index in [2.05, 4.69) is 47.6 Å². The Balaban J connectivity index is 1.16. The van der Waals surface area contributed by atoms with Crippen LogP contribution in [-0.4, -0.2) is 150 Å². The van der Waals surface area contributed by atoms with Gasteiger partial charge in [0.2, 0.25) is 0 Å². The maximum absolute atomic E-state index is 12.4. The number of ether oxygens (including phenoxy) is 4. The number of aliphatic hydroxyl groups excluding tert-OH is 9. The molecule has 0 bridgehead atoms. The predicted octanol–water partition coefficient (Wildman–Crippen LogP) is 1.12. The minimum atomic E-state index is -1.67. The molecule has 0 aromatic rings. The van der Waals surface area contributed by atoms with Crippen molar-refractivity contribution in [3.63, 3.8) is 0 Å². The lowest BCUT2D eigenvalue weighted by Crippen LogP contribution is -2.65. The summed E-state index contributed by atoms with van der Waals surface area (Å²) < 4.78 is 23.6. The van der Waals surface area contributed by atoms with Crippen molar-refractivity contribution < 1.29 is 70.0 Å². The smallest absolute Gasteiger partial charge is 0.187 e. The Bertz CT molecular complexity index is 1400. The summed E-state index contributed by atoms with van der Waals surface area (Å²) in [6, 6.07) is 0. The minimum Gasteiger partial charge on any atom is -0.394 e. The summed E-state index contributed by atoms with van der Waals surface area (Å²) in [7, 11) is 0. The van der Waals surface area contributed by atoms with Gasteiger partial charge < -0.3 is 70.0 Å². The van der Waals surface area contributed by atoms with Crippen molar-refractivity contribution in [1.29, 1.82) is 0 Å². The van der Waals surface area contributed by atoms with Crippen molar-refractivity contribution in [3.05, 3.63) is 11.6 Å². The maximum Gasteiger partial charge on any atom is 0.187 e. The highest BCUT2D eigenvalue weighted by Gasteiger charge is 2.70. The van der Waals surface area contributed by atoms with Crippen LogP contribution in [0.4, 0.5) is 0 Å². The summed E-state index contributed by atoms with van der Waals surface area (Å²) >= 11 is 0. The number of rotatable bonds is 11. The van der Waals surface area contributed by atoms with Crippen molar-refractivity contribution in [3.8, 4) is 0 Å². The van der Waals surface area contributed by atoms with Crippen LogP contribution in [0.15, 0.2) is 11.6 Å². The summed E-state index contributed by atoms with van der Waals surface area (Å²) in [5.74, 6) is 1.05. The topological polar surface area (TPSA) is 239 Å². The van der Waals surface area contributed by atoms with Gasteiger partial charge in [-0.15, -0.1) is 0 Å². The standard InChI is InChI=1S/C42H72O14/c1-20(9-13-27(44)39(4,5)52)21-15-16-40(6)26-12-10-22-23(42(26,8)28(45)17-41(21,40)7)11-14-29(38(22,2)3)56-37-35(51)33(49)31(47)25(55-37)19-53-36-34(50)32(48)30(46)24(18-43)54-36/h10,20-21,23-37,43-52H,9,11-19H2,1-8H3/t20-,21+,23+,24-,25-,26+,27-,28-,29+,30-,31-,32+,33+,34-,35-,36-,37-,40+,41-,42+/m1/s1. The lowest BCUT2D eigenvalue weighted by Gasteiger charge is -2.67. The van der Waals surface area contributed by atoms with Crippen LogP contribution < -0.4 is 0 Å². The lowest BCUT2D eigenvalue weighted by atomic mass is 9.38. The van der Waals surface area contributed by atoms with Crippen molar-refractivity contribution in [1.82, 2.24) is 0 Å². The van der Waals surface area contributed by atoms with Crippen molar-refractivity contribution in [2.24, 2.45) is 45.3 Å².